The van der Waals surface area contributed by atoms with Gasteiger partial charge in [-0.25, -0.2) is 4.52 Å². The van der Waals surface area contributed by atoms with Gasteiger partial charge in [-0.3, -0.25) is 0 Å². The number of nitrogens with one attached hydrogen (secondary N) is 1. The average molecular weight is 338 g/mol. The number of halogens is 2. The SMILES string of the molecule is Clc1nc(NCc2ccccc2)c2ccc(Br)n2n1. The van der Waals surface area contributed by atoms with Crippen molar-refractivity contribution in [3.8, 4) is 0 Å². The number of benzene rings is 1. The Morgan fingerprint density at radius 1 is 1.16 bits per heavy atom. The Hall–Kier alpha value is -1.59. The minimum absolute atomic E-state index is 0.208. The molecule has 0 radical (unpaired) electrons. The molecule has 2 heterocycles. The van der Waals surface area contributed by atoms with E-state index in [0.717, 1.165) is 15.9 Å². The Balaban J connectivity index is 1.92. The minimum Gasteiger partial charge on any atom is -0.364 e. The molecule has 6 heteroatoms. The maximum atomic E-state index is 5.93. The van der Waals surface area contributed by atoms with E-state index in [9.17, 15) is 0 Å². The Morgan fingerprint density at radius 2 is 1.95 bits per heavy atom. The summed E-state index contributed by atoms with van der Waals surface area (Å²) in [6.07, 6.45) is 0. The van der Waals surface area contributed by atoms with Gasteiger partial charge in [0.1, 0.15) is 10.1 Å². The molecule has 0 saturated carbocycles. The third kappa shape index (κ3) is 2.57. The first-order chi connectivity index (χ1) is 9.24. The fraction of sp³-hybridized carbons (Fsp3) is 0.0769. The van der Waals surface area contributed by atoms with Crippen LogP contribution in [0.25, 0.3) is 5.52 Å². The highest BCUT2D eigenvalue weighted by Gasteiger charge is 2.08. The van der Waals surface area contributed by atoms with Gasteiger partial charge < -0.3 is 5.32 Å². The second-order valence-corrected chi connectivity index (χ2v) is 5.17. The predicted octanol–water partition coefficient (Wildman–Crippen LogP) is 3.76. The third-order valence-corrected chi connectivity index (χ3v) is 3.50. The van der Waals surface area contributed by atoms with E-state index in [1.807, 2.05) is 30.3 Å². The van der Waals surface area contributed by atoms with Gasteiger partial charge in [0.25, 0.3) is 0 Å². The number of anilines is 1. The van der Waals surface area contributed by atoms with Gasteiger partial charge in [-0.1, -0.05) is 30.3 Å². The number of fused-ring (bicyclic) bond motifs is 1. The number of aromatic nitrogens is 3. The van der Waals surface area contributed by atoms with E-state index in [1.165, 1.54) is 5.56 Å². The lowest BCUT2D eigenvalue weighted by Gasteiger charge is -2.08. The summed E-state index contributed by atoms with van der Waals surface area (Å²) < 4.78 is 2.55. The largest absolute Gasteiger partial charge is 0.364 e. The minimum atomic E-state index is 0.208. The first-order valence-electron chi connectivity index (χ1n) is 5.72. The van der Waals surface area contributed by atoms with Crippen molar-refractivity contribution in [2.45, 2.75) is 6.54 Å². The molecule has 0 unspecified atom stereocenters. The summed E-state index contributed by atoms with van der Waals surface area (Å²) in [5, 5.41) is 7.62. The molecular formula is C13H10BrClN4. The smallest absolute Gasteiger partial charge is 0.243 e. The van der Waals surface area contributed by atoms with Crippen LogP contribution in [-0.2, 0) is 6.54 Å². The highest BCUT2D eigenvalue weighted by molar-refractivity contribution is 9.10. The van der Waals surface area contributed by atoms with E-state index in [1.54, 1.807) is 4.52 Å². The van der Waals surface area contributed by atoms with Crippen molar-refractivity contribution in [3.05, 3.63) is 57.9 Å². The maximum absolute atomic E-state index is 5.93. The molecule has 96 valence electrons. The van der Waals surface area contributed by atoms with Crippen LogP contribution in [0.3, 0.4) is 0 Å². The van der Waals surface area contributed by atoms with Crippen LogP contribution >= 0.6 is 27.5 Å². The summed E-state index contributed by atoms with van der Waals surface area (Å²) in [7, 11) is 0. The number of hydrogen-bond donors (Lipinski definition) is 1. The molecule has 0 spiro atoms. The molecule has 1 N–H and O–H groups in total. The van der Waals surface area contributed by atoms with Crippen molar-refractivity contribution in [1.29, 1.82) is 0 Å². The van der Waals surface area contributed by atoms with Crippen LogP contribution in [0.1, 0.15) is 5.56 Å². The molecule has 0 aliphatic heterocycles. The van der Waals surface area contributed by atoms with Crippen molar-refractivity contribution in [2.24, 2.45) is 0 Å². The van der Waals surface area contributed by atoms with Gasteiger partial charge in [0.05, 0.1) is 0 Å². The van der Waals surface area contributed by atoms with Gasteiger partial charge in [-0.2, -0.15) is 4.98 Å². The van der Waals surface area contributed by atoms with Crippen LogP contribution < -0.4 is 5.32 Å². The van der Waals surface area contributed by atoms with Gasteiger partial charge in [0.2, 0.25) is 5.28 Å². The first kappa shape index (κ1) is 12.4. The quantitative estimate of drug-likeness (QED) is 0.791. The molecule has 2 aromatic heterocycles. The Bertz CT molecular complexity index is 711. The first-order valence-corrected chi connectivity index (χ1v) is 6.90. The van der Waals surface area contributed by atoms with Crippen molar-refractivity contribution >= 4 is 38.9 Å². The molecule has 0 aliphatic carbocycles. The molecule has 3 rings (SSSR count). The third-order valence-electron chi connectivity index (χ3n) is 2.74. The number of nitrogens with zero attached hydrogens (tertiary/aromatic N) is 3. The molecule has 1 aromatic carbocycles. The van der Waals surface area contributed by atoms with Gasteiger partial charge in [0, 0.05) is 6.54 Å². The second-order valence-electron chi connectivity index (χ2n) is 4.02. The predicted molar refractivity (Wildman–Crippen MR) is 79.5 cm³/mol. The van der Waals surface area contributed by atoms with Gasteiger partial charge in [0.15, 0.2) is 5.82 Å². The maximum Gasteiger partial charge on any atom is 0.243 e. The van der Waals surface area contributed by atoms with E-state index >= 15 is 0 Å². The molecule has 19 heavy (non-hydrogen) atoms. The zero-order valence-corrected chi connectivity index (χ0v) is 12.2. The molecule has 0 aliphatic rings. The van der Waals surface area contributed by atoms with Crippen LogP contribution in [0.15, 0.2) is 47.1 Å². The monoisotopic (exact) mass is 336 g/mol. The van der Waals surface area contributed by atoms with E-state index in [2.05, 4.69) is 43.5 Å². The Labute approximate surface area is 123 Å². The summed E-state index contributed by atoms with van der Waals surface area (Å²) in [6, 6.07) is 14.0. The van der Waals surface area contributed by atoms with Gasteiger partial charge in [-0.15, -0.1) is 5.10 Å². The number of rotatable bonds is 3. The van der Waals surface area contributed by atoms with Crippen molar-refractivity contribution in [1.82, 2.24) is 14.6 Å². The molecule has 0 bridgehead atoms. The van der Waals surface area contributed by atoms with Crippen LogP contribution in [-0.4, -0.2) is 14.6 Å². The topological polar surface area (TPSA) is 42.2 Å². The van der Waals surface area contributed by atoms with E-state index in [-0.39, 0.29) is 5.28 Å². The standard InChI is InChI=1S/C13H10BrClN4/c14-11-7-6-10-12(17-13(15)18-19(10)11)16-8-9-4-2-1-3-5-9/h1-7H,8H2,(H,16,17,18). The molecule has 0 saturated heterocycles. The zero-order chi connectivity index (χ0) is 13.2. The number of hydrogen-bond acceptors (Lipinski definition) is 3. The molecule has 0 fully saturated rings. The summed E-state index contributed by atoms with van der Waals surface area (Å²) in [5.74, 6) is 0.717. The zero-order valence-electron chi connectivity index (χ0n) is 9.85. The lowest BCUT2D eigenvalue weighted by Crippen LogP contribution is -2.05. The molecular weight excluding hydrogens is 328 g/mol. The van der Waals surface area contributed by atoms with E-state index < -0.39 is 0 Å². The van der Waals surface area contributed by atoms with Crippen LogP contribution in [0.2, 0.25) is 5.28 Å². The van der Waals surface area contributed by atoms with Crippen molar-refractivity contribution in [2.75, 3.05) is 5.32 Å². The summed E-state index contributed by atoms with van der Waals surface area (Å²) in [4.78, 5) is 4.23. The van der Waals surface area contributed by atoms with Crippen molar-refractivity contribution in [3.63, 3.8) is 0 Å². The van der Waals surface area contributed by atoms with Gasteiger partial charge >= 0.3 is 0 Å². The summed E-state index contributed by atoms with van der Waals surface area (Å²) in [6.45, 7) is 0.687. The molecule has 3 aromatic rings. The Kier molecular flexibility index (Phi) is 3.40. The lowest BCUT2D eigenvalue weighted by molar-refractivity contribution is 0.883. The van der Waals surface area contributed by atoms with E-state index in [4.69, 9.17) is 11.6 Å². The Morgan fingerprint density at radius 3 is 2.74 bits per heavy atom. The molecule has 0 atom stereocenters. The van der Waals surface area contributed by atoms with Crippen LogP contribution in [0, 0.1) is 0 Å². The van der Waals surface area contributed by atoms with Gasteiger partial charge in [-0.05, 0) is 45.2 Å². The summed E-state index contributed by atoms with van der Waals surface area (Å²) >= 11 is 9.35. The fourth-order valence-corrected chi connectivity index (χ4v) is 2.41. The van der Waals surface area contributed by atoms with Crippen LogP contribution in [0.4, 0.5) is 5.82 Å². The lowest BCUT2D eigenvalue weighted by atomic mass is 10.2. The normalized spacial score (nSPS) is 10.8. The average Bonchev–Trinajstić information content (AvgIpc) is 2.79. The highest BCUT2D eigenvalue weighted by Crippen LogP contribution is 2.22. The van der Waals surface area contributed by atoms with Crippen LogP contribution in [0.5, 0.6) is 0 Å². The van der Waals surface area contributed by atoms with E-state index in [0.29, 0.717) is 6.54 Å². The summed E-state index contributed by atoms with van der Waals surface area (Å²) in [5.41, 5.74) is 2.06. The fourth-order valence-electron chi connectivity index (χ4n) is 1.85. The molecule has 0 amide bonds. The molecule has 4 nitrogen and oxygen atoms in total. The highest BCUT2D eigenvalue weighted by atomic mass is 79.9. The second kappa shape index (κ2) is 5.19. The van der Waals surface area contributed by atoms with Crippen molar-refractivity contribution < 1.29 is 0 Å².